The topological polar surface area (TPSA) is 29.1 Å². The maximum atomic E-state index is 11.4. The largest absolute Gasteiger partial charge is 0.326 e. The number of amides is 1. The number of nitrogens with one attached hydrogen (secondary N) is 1. The minimum absolute atomic E-state index is 0.00565. The van der Waals surface area contributed by atoms with E-state index < -0.39 is 0 Å². The van der Waals surface area contributed by atoms with Gasteiger partial charge in [0.25, 0.3) is 0 Å². The fourth-order valence-electron chi connectivity index (χ4n) is 2.43. The highest BCUT2D eigenvalue weighted by atomic mass is 16.1. The highest BCUT2D eigenvalue weighted by Crippen LogP contribution is 2.34. The van der Waals surface area contributed by atoms with Gasteiger partial charge in [-0.1, -0.05) is 47.6 Å². The molecular formula is C17H27NO. The third kappa shape index (κ3) is 3.82. The third-order valence-corrected chi connectivity index (χ3v) is 3.43. The molecule has 1 amide bonds. The second-order valence-electron chi connectivity index (χ2n) is 6.21. The van der Waals surface area contributed by atoms with E-state index in [-0.39, 0.29) is 5.91 Å². The molecule has 0 radical (unpaired) electrons. The Balaban J connectivity index is 3.45. The number of carbonyl (C=O) groups excluding carboxylic acids is 1. The fraction of sp³-hybridized carbons (Fsp3) is 0.588. The van der Waals surface area contributed by atoms with Crippen molar-refractivity contribution in [3.63, 3.8) is 0 Å². The molecule has 0 aliphatic heterocycles. The van der Waals surface area contributed by atoms with Gasteiger partial charge in [-0.2, -0.15) is 0 Å². The molecule has 0 aliphatic rings. The van der Waals surface area contributed by atoms with Crippen molar-refractivity contribution in [1.82, 2.24) is 0 Å². The number of hydrogen-bond donors (Lipinski definition) is 1. The van der Waals surface area contributed by atoms with E-state index in [1.54, 1.807) is 6.92 Å². The molecule has 19 heavy (non-hydrogen) atoms. The number of hydrogen-bond acceptors (Lipinski definition) is 1. The van der Waals surface area contributed by atoms with Crippen LogP contribution in [0.25, 0.3) is 0 Å². The van der Waals surface area contributed by atoms with Crippen LogP contribution in [0.2, 0.25) is 0 Å². The number of rotatable bonds is 4. The summed E-state index contributed by atoms with van der Waals surface area (Å²) in [5.74, 6) is 1.36. The van der Waals surface area contributed by atoms with E-state index in [1.165, 1.54) is 16.7 Å². The van der Waals surface area contributed by atoms with Crippen molar-refractivity contribution in [2.24, 2.45) is 0 Å². The van der Waals surface area contributed by atoms with Crippen molar-refractivity contribution < 1.29 is 4.79 Å². The maximum Gasteiger partial charge on any atom is 0.221 e. The summed E-state index contributed by atoms with van der Waals surface area (Å²) < 4.78 is 0. The van der Waals surface area contributed by atoms with Crippen LogP contribution in [0.4, 0.5) is 5.69 Å². The molecular weight excluding hydrogens is 234 g/mol. The van der Waals surface area contributed by atoms with Crippen molar-refractivity contribution in [2.75, 3.05) is 5.32 Å². The van der Waals surface area contributed by atoms with Crippen LogP contribution in [0.5, 0.6) is 0 Å². The summed E-state index contributed by atoms with van der Waals surface area (Å²) in [5, 5.41) is 2.98. The molecule has 0 atom stereocenters. The molecule has 0 aromatic heterocycles. The number of benzene rings is 1. The summed E-state index contributed by atoms with van der Waals surface area (Å²) in [5.41, 5.74) is 4.93. The minimum atomic E-state index is -0.00565. The lowest BCUT2D eigenvalue weighted by atomic mass is 9.86. The predicted molar refractivity (Wildman–Crippen MR) is 83.0 cm³/mol. The second-order valence-corrected chi connectivity index (χ2v) is 6.21. The first-order valence-electron chi connectivity index (χ1n) is 7.19. The average Bonchev–Trinajstić information content (AvgIpc) is 2.26. The predicted octanol–water partition coefficient (Wildman–Crippen LogP) is 5.02. The van der Waals surface area contributed by atoms with Gasteiger partial charge < -0.3 is 5.32 Å². The molecule has 0 spiro atoms. The Kier molecular flexibility index (Phi) is 5.16. The van der Waals surface area contributed by atoms with Gasteiger partial charge in [0.05, 0.1) is 0 Å². The van der Waals surface area contributed by atoms with Crippen LogP contribution in [-0.4, -0.2) is 5.91 Å². The fourth-order valence-corrected chi connectivity index (χ4v) is 2.43. The molecule has 1 aromatic rings. The zero-order valence-electron chi connectivity index (χ0n) is 13.3. The van der Waals surface area contributed by atoms with Crippen molar-refractivity contribution in [1.29, 1.82) is 0 Å². The maximum absolute atomic E-state index is 11.4. The van der Waals surface area contributed by atoms with Gasteiger partial charge in [0.2, 0.25) is 5.91 Å². The molecule has 0 heterocycles. The molecule has 0 saturated heterocycles. The normalized spacial score (nSPS) is 11.5. The zero-order valence-corrected chi connectivity index (χ0v) is 13.3. The summed E-state index contributed by atoms with van der Waals surface area (Å²) in [4.78, 5) is 11.4. The molecule has 0 aliphatic carbocycles. The summed E-state index contributed by atoms with van der Waals surface area (Å²) in [7, 11) is 0. The van der Waals surface area contributed by atoms with E-state index >= 15 is 0 Å². The van der Waals surface area contributed by atoms with E-state index in [1.807, 2.05) is 0 Å². The lowest BCUT2D eigenvalue weighted by Crippen LogP contribution is -2.11. The summed E-state index contributed by atoms with van der Waals surface area (Å²) >= 11 is 0. The van der Waals surface area contributed by atoms with Crippen LogP contribution in [0, 0.1) is 0 Å². The molecule has 1 rings (SSSR count). The molecule has 0 bridgehead atoms. The first kappa shape index (κ1) is 15.7. The van der Waals surface area contributed by atoms with E-state index in [2.05, 4.69) is 59.0 Å². The Morgan fingerprint density at radius 1 is 0.842 bits per heavy atom. The van der Waals surface area contributed by atoms with Crippen molar-refractivity contribution in [2.45, 2.75) is 66.2 Å². The monoisotopic (exact) mass is 261 g/mol. The zero-order chi connectivity index (χ0) is 14.7. The van der Waals surface area contributed by atoms with Gasteiger partial charge >= 0.3 is 0 Å². The van der Waals surface area contributed by atoms with Gasteiger partial charge in [-0.3, -0.25) is 4.79 Å². The van der Waals surface area contributed by atoms with Crippen LogP contribution in [0.1, 0.15) is 82.9 Å². The Labute approximate surface area is 117 Å². The van der Waals surface area contributed by atoms with Crippen molar-refractivity contribution in [3.8, 4) is 0 Å². The van der Waals surface area contributed by atoms with Crippen molar-refractivity contribution >= 4 is 11.6 Å². The van der Waals surface area contributed by atoms with Gasteiger partial charge in [-0.05, 0) is 40.5 Å². The first-order valence-corrected chi connectivity index (χ1v) is 7.19. The Morgan fingerprint density at radius 2 is 1.26 bits per heavy atom. The molecule has 1 aromatic carbocycles. The van der Waals surface area contributed by atoms with Crippen LogP contribution < -0.4 is 5.32 Å². The van der Waals surface area contributed by atoms with Gasteiger partial charge in [-0.25, -0.2) is 0 Å². The average molecular weight is 261 g/mol. The lowest BCUT2D eigenvalue weighted by Gasteiger charge is -2.22. The van der Waals surface area contributed by atoms with E-state index in [9.17, 15) is 4.79 Å². The van der Waals surface area contributed by atoms with Crippen LogP contribution in [-0.2, 0) is 4.79 Å². The molecule has 0 saturated carbocycles. The number of carbonyl (C=O) groups is 1. The van der Waals surface area contributed by atoms with E-state index in [0.29, 0.717) is 17.8 Å². The van der Waals surface area contributed by atoms with Crippen molar-refractivity contribution in [3.05, 3.63) is 28.8 Å². The molecule has 2 heteroatoms. The molecule has 0 unspecified atom stereocenters. The molecule has 0 fully saturated rings. The molecule has 2 nitrogen and oxygen atoms in total. The van der Waals surface area contributed by atoms with Crippen LogP contribution in [0.3, 0.4) is 0 Å². The first-order chi connectivity index (χ1) is 8.73. The smallest absolute Gasteiger partial charge is 0.221 e. The lowest BCUT2D eigenvalue weighted by molar-refractivity contribution is -0.114. The summed E-state index contributed by atoms with van der Waals surface area (Å²) in [6.45, 7) is 14.8. The Morgan fingerprint density at radius 3 is 1.63 bits per heavy atom. The Hall–Kier alpha value is -1.31. The van der Waals surface area contributed by atoms with Crippen LogP contribution >= 0.6 is 0 Å². The van der Waals surface area contributed by atoms with Crippen LogP contribution in [0.15, 0.2) is 12.1 Å². The van der Waals surface area contributed by atoms with Gasteiger partial charge in [0, 0.05) is 12.6 Å². The highest BCUT2D eigenvalue weighted by molar-refractivity contribution is 5.90. The highest BCUT2D eigenvalue weighted by Gasteiger charge is 2.16. The van der Waals surface area contributed by atoms with E-state index in [4.69, 9.17) is 0 Å². The standard InChI is InChI=1S/C17H27NO/c1-10(2)14-8-16(12(5)6)17(18-13(7)19)9-15(14)11(3)4/h8-12H,1-7H3,(H,18,19). The van der Waals surface area contributed by atoms with Gasteiger partial charge in [0.15, 0.2) is 0 Å². The summed E-state index contributed by atoms with van der Waals surface area (Å²) in [6.07, 6.45) is 0. The van der Waals surface area contributed by atoms with E-state index in [0.717, 1.165) is 5.69 Å². The van der Waals surface area contributed by atoms with Gasteiger partial charge in [0.1, 0.15) is 0 Å². The Bertz CT molecular complexity index is 459. The quantitative estimate of drug-likeness (QED) is 0.810. The second kappa shape index (κ2) is 6.23. The summed E-state index contributed by atoms with van der Waals surface area (Å²) in [6, 6.07) is 4.44. The number of anilines is 1. The minimum Gasteiger partial charge on any atom is -0.326 e. The van der Waals surface area contributed by atoms with Gasteiger partial charge in [-0.15, -0.1) is 0 Å². The SMILES string of the molecule is CC(=O)Nc1cc(C(C)C)c(C(C)C)cc1C(C)C. The molecule has 106 valence electrons. The molecule has 1 N–H and O–H groups in total. The third-order valence-electron chi connectivity index (χ3n) is 3.43.